The highest BCUT2D eigenvalue weighted by Crippen LogP contribution is 2.20. The summed E-state index contributed by atoms with van der Waals surface area (Å²) < 4.78 is 0. The van der Waals surface area contributed by atoms with Crippen LogP contribution < -0.4 is 21.7 Å². The molecule has 0 bridgehead atoms. The van der Waals surface area contributed by atoms with Crippen molar-refractivity contribution in [3.05, 3.63) is 39.9 Å². The lowest BCUT2D eigenvalue weighted by Crippen LogP contribution is -2.67. The molecule has 10 nitrogen and oxygen atoms in total. The van der Waals surface area contributed by atoms with Crippen LogP contribution in [0.3, 0.4) is 0 Å². The highest BCUT2D eigenvalue weighted by atomic mass is 16.6. The molecule has 0 aliphatic rings. The van der Waals surface area contributed by atoms with Gasteiger partial charge in [0.15, 0.2) is 0 Å². The Hall–Kier alpha value is -2.56. The highest BCUT2D eigenvalue weighted by molar-refractivity contribution is 5.79. The van der Waals surface area contributed by atoms with E-state index in [-0.39, 0.29) is 5.69 Å². The fourth-order valence-corrected chi connectivity index (χ4v) is 1.62. The molecule has 0 atom stereocenters. The molecular formula is C11H12N4O6-2. The predicted octanol–water partition coefficient (Wildman–Crippen LogP) is -3.30. The van der Waals surface area contributed by atoms with Crippen molar-refractivity contribution < 1.29 is 24.7 Å². The number of hydrogen-bond donors (Lipinski definition) is 2. The maximum absolute atomic E-state index is 12.1. The van der Waals surface area contributed by atoms with Gasteiger partial charge >= 0.3 is 0 Å². The van der Waals surface area contributed by atoms with Crippen LogP contribution >= 0.6 is 0 Å². The van der Waals surface area contributed by atoms with E-state index >= 15 is 0 Å². The molecule has 0 saturated heterocycles. The molecular weight excluding hydrogens is 284 g/mol. The van der Waals surface area contributed by atoms with E-state index in [9.17, 15) is 29.9 Å². The van der Waals surface area contributed by atoms with Gasteiger partial charge in [-0.15, -0.1) is 5.91 Å². The van der Waals surface area contributed by atoms with Gasteiger partial charge in [-0.05, 0) is 0 Å². The zero-order chi connectivity index (χ0) is 16.2. The van der Waals surface area contributed by atoms with Crippen molar-refractivity contribution in [2.75, 3.05) is 13.1 Å². The van der Waals surface area contributed by atoms with E-state index in [1.165, 1.54) is 0 Å². The number of rotatable bonds is 7. The zero-order valence-electron chi connectivity index (χ0n) is 10.7. The minimum atomic E-state index is -3.24. The molecule has 10 heteroatoms. The van der Waals surface area contributed by atoms with E-state index in [1.807, 2.05) is 0 Å². The van der Waals surface area contributed by atoms with E-state index in [1.54, 1.807) is 0 Å². The van der Waals surface area contributed by atoms with Gasteiger partial charge in [0.05, 0.1) is 18.0 Å². The summed E-state index contributed by atoms with van der Waals surface area (Å²) in [7, 11) is 0. The standard InChI is InChI=1S/C11H12N4O6/c12-9(16)5-14(6-10(13)17)11(18,19)7-1-3-8(4-2-7)15(20)21/h1-4H,5-6H2,(H2,12,16)(H2,13,17)/q-2. The first-order chi connectivity index (χ1) is 9.64. The lowest BCUT2D eigenvalue weighted by molar-refractivity contribution is -0.770. The number of primary amides is 2. The molecule has 0 heterocycles. The van der Waals surface area contributed by atoms with Gasteiger partial charge in [-0.25, -0.2) is 0 Å². The molecule has 1 aromatic carbocycles. The Bertz CT molecular complexity index is 540. The van der Waals surface area contributed by atoms with Gasteiger partial charge in [-0.1, -0.05) is 17.7 Å². The Labute approximate surface area is 118 Å². The maximum atomic E-state index is 12.1. The summed E-state index contributed by atoms with van der Waals surface area (Å²) in [4.78, 5) is 32.0. The van der Waals surface area contributed by atoms with Gasteiger partial charge in [0, 0.05) is 12.1 Å². The summed E-state index contributed by atoms with van der Waals surface area (Å²) in [5.41, 5.74) is 9.09. The van der Waals surface area contributed by atoms with Crippen molar-refractivity contribution >= 4 is 17.5 Å². The number of nitrogens with zero attached hydrogens (tertiary/aromatic N) is 2. The molecule has 4 N–H and O–H groups in total. The Morgan fingerprint density at radius 2 is 1.52 bits per heavy atom. The molecule has 0 aliphatic carbocycles. The molecule has 0 unspecified atom stereocenters. The molecule has 0 aromatic heterocycles. The summed E-state index contributed by atoms with van der Waals surface area (Å²) in [5, 5.41) is 34.8. The number of carbonyl (C=O) groups excluding carboxylic acids is 2. The van der Waals surface area contributed by atoms with Crippen LogP contribution in [0.15, 0.2) is 24.3 Å². The van der Waals surface area contributed by atoms with Crippen molar-refractivity contribution in [3.63, 3.8) is 0 Å². The first-order valence-electron chi connectivity index (χ1n) is 5.62. The number of nitrogens with two attached hydrogens (primary N) is 2. The van der Waals surface area contributed by atoms with Crippen LogP contribution in [0.25, 0.3) is 0 Å². The Morgan fingerprint density at radius 3 is 1.86 bits per heavy atom. The zero-order valence-corrected chi connectivity index (χ0v) is 10.7. The lowest BCUT2D eigenvalue weighted by atomic mass is 10.1. The molecule has 1 aromatic rings. The molecule has 0 aliphatic heterocycles. The van der Waals surface area contributed by atoms with Gasteiger partial charge < -0.3 is 26.6 Å². The number of non-ortho nitro benzene ring substituents is 1. The largest absolute Gasteiger partial charge is 0.848 e. The van der Waals surface area contributed by atoms with Crippen LogP contribution in [0.2, 0.25) is 0 Å². The van der Waals surface area contributed by atoms with Crippen molar-refractivity contribution in [3.8, 4) is 0 Å². The quantitative estimate of drug-likeness (QED) is 0.300. The number of carbonyl (C=O) groups is 2. The minimum Gasteiger partial charge on any atom is -0.848 e. The highest BCUT2D eigenvalue weighted by Gasteiger charge is 2.20. The Kier molecular flexibility index (Phi) is 4.92. The molecule has 2 amide bonds. The maximum Gasteiger partial charge on any atom is 0.269 e. The summed E-state index contributed by atoms with van der Waals surface area (Å²) >= 11 is 0. The summed E-state index contributed by atoms with van der Waals surface area (Å²) in [5.74, 6) is -5.22. The van der Waals surface area contributed by atoms with Crippen LogP contribution in [0.1, 0.15) is 5.56 Å². The van der Waals surface area contributed by atoms with Gasteiger partial charge in [0.25, 0.3) is 5.69 Å². The van der Waals surface area contributed by atoms with E-state index in [0.717, 1.165) is 24.3 Å². The molecule has 0 spiro atoms. The van der Waals surface area contributed by atoms with Crippen LogP contribution in [-0.4, -0.2) is 34.7 Å². The van der Waals surface area contributed by atoms with Crippen LogP contribution in [0.4, 0.5) is 5.69 Å². The minimum absolute atomic E-state index is 0.314. The van der Waals surface area contributed by atoms with Crippen molar-refractivity contribution in [1.29, 1.82) is 0 Å². The lowest BCUT2D eigenvalue weighted by Gasteiger charge is -2.56. The molecule has 1 rings (SSSR count). The fraction of sp³-hybridized carbons (Fsp3) is 0.273. The number of benzene rings is 1. The van der Waals surface area contributed by atoms with E-state index in [4.69, 9.17) is 11.5 Å². The molecule has 0 fully saturated rings. The second-order valence-electron chi connectivity index (χ2n) is 4.17. The monoisotopic (exact) mass is 296 g/mol. The SMILES string of the molecule is NC(=O)CN(CC(N)=O)C([O-])([O-])c1ccc([N+](=O)[O-])cc1. The normalized spacial score (nSPS) is 11.4. The predicted molar refractivity (Wildman–Crippen MR) is 64.7 cm³/mol. The third-order valence-electron chi connectivity index (χ3n) is 2.55. The first kappa shape index (κ1) is 16.5. The average molecular weight is 296 g/mol. The van der Waals surface area contributed by atoms with Crippen LogP contribution in [-0.2, 0) is 15.5 Å². The fourth-order valence-electron chi connectivity index (χ4n) is 1.62. The topological polar surface area (TPSA) is 179 Å². The van der Waals surface area contributed by atoms with Gasteiger partial charge in [-0.2, -0.15) is 0 Å². The van der Waals surface area contributed by atoms with Crippen molar-refractivity contribution in [1.82, 2.24) is 4.90 Å². The summed E-state index contributed by atoms with van der Waals surface area (Å²) in [6.07, 6.45) is 0. The average Bonchev–Trinajstić information content (AvgIpc) is 2.37. The van der Waals surface area contributed by atoms with Crippen LogP contribution in [0, 0.1) is 10.1 Å². The van der Waals surface area contributed by atoms with E-state index in [0.29, 0.717) is 4.90 Å². The van der Waals surface area contributed by atoms with Crippen LogP contribution in [0.5, 0.6) is 0 Å². The summed E-state index contributed by atoms with van der Waals surface area (Å²) in [6.45, 7) is -1.54. The van der Waals surface area contributed by atoms with Gasteiger partial charge in [0.2, 0.25) is 11.8 Å². The number of amides is 2. The molecule has 21 heavy (non-hydrogen) atoms. The second kappa shape index (κ2) is 6.26. The Morgan fingerprint density at radius 1 is 1.10 bits per heavy atom. The smallest absolute Gasteiger partial charge is 0.269 e. The number of hydrogen-bond acceptors (Lipinski definition) is 7. The van der Waals surface area contributed by atoms with Crippen molar-refractivity contribution in [2.24, 2.45) is 11.5 Å². The second-order valence-corrected chi connectivity index (χ2v) is 4.17. The van der Waals surface area contributed by atoms with Gasteiger partial charge in [-0.3, -0.25) is 19.7 Å². The number of nitro groups is 1. The van der Waals surface area contributed by atoms with E-state index < -0.39 is 41.3 Å². The first-order valence-corrected chi connectivity index (χ1v) is 5.62. The van der Waals surface area contributed by atoms with Crippen molar-refractivity contribution in [2.45, 2.75) is 5.91 Å². The Balaban J connectivity index is 3.10. The third-order valence-corrected chi connectivity index (χ3v) is 2.55. The third kappa shape index (κ3) is 4.21. The van der Waals surface area contributed by atoms with E-state index in [2.05, 4.69) is 0 Å². The molecule has 0 radical (unpaired) electrons. The molecule has 0 saturated carbocycles. The van der Waals surface area contributed by atoms with Gasteiger partial charge in [0.1, 0.15) is 0 Å². The summed E-state index contributed by atoms with van der Waals surface area (Å²) in [6, 6.07) is 3.83. The molecule has 114 valence electrons. The number of nitro benzene ring substituents is 1.